The number of nitrogens with zero attached hydrogens (tertiary/aromatic N) is 4. The minimum atomic E-state index is -0.0842. The molecule has 2 aromatic heterocycles. The van der Waals surface area contributed by atoms with Crippen molar-refractivity contribution in [3.63, 3.8) is 0 Å². The lowest BCUT2D eigenvalue weighted by atomic mass is 10.2. The summed E-state index contributed by atoms with van der Waals surface area (Å²) >= 11 is 0. The lowest BCUT2D eigenvalue weighted by Gasteiger charge is -2.26. The fourth-order valence-corrected chi connectivity index (χ4v) is 2.81. The molecule has 1 aromatic carbocycles. The summed E-state index contributed by atoms with van der Waals surface area (Å²) in [5.41, 5.74) is 0.826. The van der Waals surface area contributed by atoms with Gasteiger partial charge >= 0.3 is 0 Å². The van der Waals surface area contributed by atoms with Crippen molar-refractivity contribution < 1.29 is 9.47 Å². The van der Waals surface area contributed by atoms with Gasteiger partial charge in [0, 0.05) is 13.0 Å². The van der Waals surface area contributed by atoms with Gasteiger partial charge in [-0.05, 0) is 12.1 Å². The Labute approximate surface area is 146 Å². The largest absolute Gasteiger partial charge is 0.486 e. The number of anilines is 1. The predicted molar refractivity (Wildman–Crippen MR) is 95.2 cm³/mol. The van der Waals surface area contributed by atoms with Gasteiger partial charge in [-0.2, -0.15) is 5.10 Å². The average molecular weight is 339 g/mol. The number of ether oxygens (including phenoxy) is 2. The van der Waals surface area contributed by atoms with Gasteiger partial charge in [-0.3, -0.25) is 4.68 Å². The molecule has 130 valence electrons. The first-order chi connectivity index (χ1) is 12.1. The molecule has 3 aromatic rings. The Bertz CT molecular complexity index is 906. The second-order valence-corrected chi connectivity index (χ2v) is 6.47. The molecule has 4 rings (SSSR count). The third kappa shape index (κ3) is 2.97. The molecule has 7 heteroatoms. The molecule has 1 aliphatic rings. The number of benzene rings is 1. The van der Waals surface area contributed by atoms with Crippen molar-refractivity contribution in [3.05, 3.63) is 36.3 Å². The molecule has 25 heavy (non-hydrogen) atoms. The van der Waals surface area contributed by atoms with Gasteiger partial charge in [-0.1, -0.05) is 26.0 Å². The third-order valence-corrected chi connectivity index (χ3v) is 4.19. The second kappa shape index (κ2) is 6.23. The zero-order valence-corrected chi connectivity index (χ0v) is 14.6. The molecule has 0 saturated carbocycles. The molecule has 0 radical (unpaired) electrons. The van der Waals surface area contributed by atoms with Gasteiger partial charge in [0.2, 0.25) is 0 Å². The van der Waals surface area contributed by atoms with E-state index in [1.807, 2.05) is 31.3 Å². The highest BCUT2D eigenvalue weighted by Gasteiger charge is 2.21. The number of aryl methyl sites for hydroxylation is 1. The van der Waals surface area contributed by atoms with Gasteiger partial charge in [0.25, 0.3) is 0 Å². The van der Waals surface area contributed by atoms with E-state index in [1.165, 1.54) is 0 Å². The lowest BCUT2D eigenvalue weighted by molar-refractivity contribution is 0.0997. The van der Waals surface area contributed by atoms with Crippen molar-refractivity contribution >= 4 is 16.9 Å². The van der Waals surface area contributed by atoms with Crippen LogP contribution in [0.15, 0.2) is 30.5 Å². The number of nitrogens with one attached hydrogen (secondary N) is 1. The number of hydrogen-bond acceptors (Lipinski definition) is 6. The summed E-state index contributed by atoms with van der Waals surface area (Å²) < 4.78 is 13.5. The molecule has 0 unspecified atom stereocenters. The number of fused-ring (bicyclic) bond motifs is 2. The van der Waals surface area contributed by atoms with Crippen molar-refractivity contribution in [2.45, 2.75) is 25.9 Å². The first-order valence-electron chi connectivity index (χ1n) is 8.44. The first kappa shape index (κ1) is 15.7. The summed E-state index contributed by atoms with van der Waals surface area (Å²) in [6, 6.07) is 7.71. The molecule has 0 saturated heterocycles. The number of rotatable bonds is 4. The number of aromatic nitrogens is 4. The Morgan fingerprint density at radius 3 is 2.84 bits per heavy atom. The summed E-state index contributed by atoms with van der Waals surface area (Å²) in [5.74, 6) is 3.38. The Hall–Kier alpha value is -2.83. The maximum atomic E-state index is 6.00. The van der Waals surface area contributed by atoms with Crippen LogP contribution in [0.1, 0.15) is 25.6 Å². The van der Waals surface area contributed by atoms with Crippen LogP contribution in [0.2, 0.25) is 0 Å². The first-order valence-corrected chi connectivity index (χ1v) is 8.44. The molecule has 1 atom stereocenters. The number of para-hydroxylation sites is 2. The molecule has 0 fully saturated rings. The SMILES string of the molecule is CC(C)c1nc(NC[C@H]2COc3ccccc3O2)c2cnn(C)c2n1. The number of hydrogen-bond donors (Lipinski definition) is 1. The lowest BCUT2D eigenvalue weighted by Crippen LogP contribution is -2.35. The van der Waals surface area contributed by atoms with Crippen molar-refractivity contribution in [2.24, 2.45) is 7.05 Å². The van der Waals surface area contributed by atoms with Gasteiger partial charge < -0.3 is 14.8 Å². The van der Waals surface area contributed by atoms with Gasteiger partial charge in [-0.25, -0.2) is 9.97 Å². The topological polar surface area (TPSA) is 74.1 Å². The monoisotopic (exact) mass is 339 g/mol. The molecule has 7 nitrogen and oxygen atoms in total. The highest BCUT2D eigenvalue weighted by Crippen LogP contribution is 2.31. The quantitative estimate of drug-likeness (QED) is 0.788. The molecular formula is C18H21N5O2. The van der Waals surface area contributed by atoms with Crippen LogP contribution in [-0.4, -0.2) is 39.0 Å². The fourth-order valence-electron chi connectivity index (χ4n) is 2.81. The maximum Gasteiger partial charge on any atom is 0.163 e. The van der Waals surface area contributed by atoms with Gasteiger partial charge in [0.15, 0.2) is 17.1 Å². The molecule has 0 bridgehead atoms. The summed E-state index contributed by atoms with van der Waals surface area (Å²) in [4.78, 5) is 9.28. The van der Waals surface area contributed by atoms with E-state index in [9.17, 15) is 0 Å². The minimum Gasteiger partial charge on any atom is -0.486 e. The smallest absolute Gasteiger partial charge is 0.163 e. The van der Waals surface area contributed by atoms with E-state index in [-0.39, 0.29) is 12.0 Å². The van der Waals surface area contributed by atoms with E-state index in [1.54, 1.807) is 10.9 Å². The van der Waals surface area contributed by atoms with Gasteiger partial charge in [-0.15, -0.1) is 0 Å². The van der Waals surface area contributed by atoms with E-state index < -0.39 is 0 Å². The van der Waals surface area contributed by atoms with Gasteiger partial charge in [0.1, 0.15) is 24.4 Å². The summed E-state index contributed by atoms with van der Waals surface area (Å²) in [6.07, 6.45) is 1.70. The van der Waals surface area contributed by atoms with Crippen LogP contribution in [0.25, 0.3) is 11.0 Å². The van der Waals surface area contributed by atoms with Crippen molar-refractivity contribution in [3.8, 4) is 11.5 Å². The predicted octanol–water partition coefficient (Wildman–Crippen LogP) is 2.74. The Morgan fingerprint density at radius 1 is 1.24 bits per heavy atom. The zero-order valence-electron chi connectivity index (χ0n) is 14.6. The van der Waals surface area contributed by atoms with Crippen molar-refractivity contribution in [2.75, 3.05) is 18.5 Å². The minimum absolute atomic E-state index is 0.0842. The van der Waals surface area contributed by atoms with E-state index in [0.29, 0.717) is 13.2 Å². The van der Waals surface area contributed by atoms with Crippen LogP contribution in [0.4, 0.5) is 5.82 Å². The molecule has 3 heterocycles. The standard InChI is InChI=1S/C18H21N5O2/c1-11(2)16-21-17(13-9-20-23(3)18(13)22-16)19-8-12-10-24-14-6-4-5-7-15(14)25-12/h4-7,9,11-12H,8,10H2,1-3H3,(H,19,21,22)/t12-/m0/s1. The second-order valence-electron chi connectivity index (χ2n) is 6.47. The maximum absolute atomic E-state index is 6.00. The molecule has 1 aliphatic heterocycles. The van der Waals surface area contributed by atoms with Crippen LogP contribution >= 0.6 is 0 Å². The zero-order chi connectivity index (χ0) is 17.4. The van der Waals surface area contributed by atoms with Gasteiger partial charge in [0.05, 0.1) is 18.1 Å². The Kier molecular flexibility index (Phi) is 3.91. The Morgan fingerprint density at radius 2 is 2.04 bits per heavy atom. The van der Waals surface area contributed by atoms with Crippen LogP contribution < -0.4 is 14.8 Å². The third-order valence-electron chi connectivity index (χ3n) is 4.19. The van der Waals surface area contributed by atoms with Crippen LogP contribution in [0.5, 0.6) is 11.5 Å². The molecule has 0 aliphatic carbocycles. The van der Waals surface area contributed by atoms with Crippen molar-refractivity contribution in [1.29, 1.82) is 0 Å². The summed E-state index contributed by atoms with van der Waals surface area (Å²) in [7, 11) is 1.89. The highest BCUT2D eigenvalue weighted by molar-refractivity contribution is 5.86. The van der Waals surface area contributed by atoms with Crippen LogP contribution in [-0.2, 0) is 7.05 Å². The van der Waals surface area contributed by atoms with Crippen molar-refractivity contribution in [1.82, 2.24) is 19.7 Å². The normalized spacial score (nSPS) is 16.4. The molecular weight excluding hydrogens is 318 g/mol. The molecule has 0 amide bonds. The molecule has 1 N–H and O–H groups in total. The Balaban J connectivity index is 1.55. The highest BCUT2D eigenvalue weighted by atomic mass is 16.6. The van der Waals surface area contributed by atoms with Crippen LogP contribution in [0.3, 0.4) is 0 Å². The molecule has 0 spiro atoms. The fraction of sp³-hybridized carbons (Fsp3) is 0.389. The summed E-state index contributed by atoms with van der Waals surface area (Å²) in [6.45, 7) is 5.25. The summed E-state index contributed by atoms with van der Waals surface area (Å²) in [5, 5.41) is 8.59. The average Bonchev–Trinajstić information content (AvgIpc) is 3.00. The van der Waals surface area contributed by atoms with E-state index in [2.05, 4.69) is 34.2 Å². The van der Waals surface area contributed by atoms with Crippen LogP contribution in [0, 0.1) is 0 Å². The van der Waals surface area contributed by atoms with E-state index in [0.717, 1.165) is 34.2 Å². The van der Waals surface area contributed by atoms with E-state index >= 15 is 0 Å². The van der Waals surface area contributed by atoms with E-state index in [4.69, 9.17) is 9.47 Å².